The van der Waals surface area contributed by atoms with E-state index in [1.807, 2.05) is 6.92 Å². The number of hydrazine groups is 1. The number of hydrogen-bond acceptors (Lipinski definition) is 7. The minimum atomic E-state index is -0.453. The highest BCUT2D eigenvalue weighted by Gasteiger charge is 2.44. The summed E-state index contributed by atoms with van der Waals surface area (Å²) in [5, 5.41) is 0. The second kappa shape index (κ2) is 6.94. The molecule has 0 bridgehead atoms. The van der Waals surface area contributed by atoms with Crippen LogP contribution in [0.2, 0.25) is 0 Å². The molecule has 1 aromatic heterocycles. The molecule has 0 aromatic carbocycles. The highest BCUT2D eigenvalue weighted by molar-refractivity contribution is 5.24. The van der Waals surface area contributed by atoms with E-state index >= 15 is 0 Å². The van der Waals surface area contributed by atoms with Gasteiger partial charge >= 0.3 is 0 Å². The van der Waals surface area contributed by atoms with Crippen molar-refractivity contribution in [1.29, 1.82) is 0 Å². The number of hydrogen-bond donors (Lipinski definition) is 2. The topological polar surface area (TPSA) is 91.5 Å². The lowest BCUT2D eigenvalue weighted by molar-refractivity contribution is -0.129. The molecular formula is C13H22N4O3. The van der Waals surface area contributed by atoms with Crippen LogP contribution in [0.3, 0.4) is 0 Å². The van der Waals surface area contributed by atoms with Crippen molar-refractivity contribution in [1.82, 2.24) is 15.4 Å². The highest BCUT2D eigenvalue weighted by Crippen LogP contribution is 2.38. The van der Waals surface area contributed by atoms with E-state index in [1.54, 1.807) is 19.5 Å². The van der Waals surface area contributed by atoms with Gasteiger partial charge in [0, 0.05) is 45.1 Å². The largest absolute Gasteiger partial charge is 0.480 e. The van der Waals surface area contributed by atoms with Gasteiger partial charge in [0.1, 0.15) is 5.69 Å². The summed E-state index contributed by atoms with van der Waals surface area (Å²) in [7, 11) is 1.57. The van der Waals surface area contributed by atoms with Crippen molar-refractivity contribution in [3.63, 3.8) is 0 Å². The number of nitrogens with two attached hydrogens (primary N) is 1. The minimum Gasteiger partial charge on any atom is -0.480 e. The summed E-state index contributed by atoms with van der Waals surface area (Å²) in [6, 6.07) is -0.296. The van der Waals surface area contributed by atoms with Crippen molar-refractivity contribution in [2.24, 2.45) is 5.84 Å². The maximum atomic E-state index is 6.03. The maximum absolute atomic E-state index is 6.03. The van der Waals surface area contributed by atoms with E-state index in [9.17, 15) is 0 Å². The van der Waals surface area contributed by atoms with Crippen molar-refractivity contribution in [3.8, 4) is 5.88 Å². The van der Waals surface area contributed by atoms with Gasteiger partial charge in [0.25, 0.3) is 0 Å². The summed E-state index contributed by atoms with van der Waals surface area (Å²) in [6.07, 6.45) is 4.71. The first kappa shape index (κ1) is 15.1. The lowest BCUT2D eigenvalue weighted by Gasteiger charge is -2.42. The summed E-state index contributed by atoms with van der Waals surface area (Å²) in [4.78, 5) is 8.56. The van der Waals surface area contributed by atoms with Crippen LogP contribution in [0.1, 0.15) is 31.5 Å². The molecule has 1 aromatic rings. The summed E-state index contributed by atoms with van der Waals surface area (Å²) in [5.74, 6) is 6.24. The zero-order valence-electron chi connectivity index (χ0n) is 12.0. The maximum Gasteiger partial charge on any atom is 0.237 e. The van der Waals surface area contributed by atoms with Gasteiger partial charge < -0.3 is 14.2 Å². The average Bonchev–Trinajstić information content (AvgIpc) is 2.49. The Bertz CT molecular complexity index is 418. The van der Waals surface area contributed by atoms with Crippen molar-refractivity contribution in [2.45, 2.75) is 31.4 Å². The van der Waals surface area contributed by atoms with Crippen LogP contribution in [-0.2, 0) is 9.47 Å². The molecule has 0 saturated carbocycles. The number of ether oxygens (including phenoxy) is 3. The molecule has 0 amide bonds. The fourth-order valence-corrected chi connectivity index (χ4v) is 2.69. The number of nitrogens with zero attached hydrogens (tertiary/aromatic N) is 2. The second-order valence-corrected chi connectivity index (χ2v) is 4.66. The van der Waals surface area contributed by atoms with Crippen LogP contribution in [0.25, 0.3) is 0 Å². The van der Waals surface area contributed by atoms with Gasteiger partial charge in [-0.05, 0) is 6.92 Å². The normalized spacial score (nSPS) is 19.6. The molecule has 1 atom stereocenters. The van der Waals surface area contributed by atoms with Gasteiger partial charge in [0.05, 0.1) is 18.8 Å². The Morgan fingerprint density at radius 3 is 2.70 bits per heavy atom. The summed E-state index contributed by atoms with van der Waals surface area (Å²) < 4.78 is 16.8. The Hall–Kier alpha value is -1.28. The van der Waals surface area contributed by atoms with Gasteiger partial charge in [0.2, 0.25) is 5.88 Å². The lowest BCUT2D eigenvalue weighted by Crippen LogP contribution is -2.52. The third-order valence-electron chi connectivity index (χ3n) is 3.62. The van der Waals surface area contributed by atoms with Crippen molar-refractivity contribution >= 4 is 0 Å². The Balaban J connectivity index is 2.37. The molecule has 20 heavy (non-hydrogen) atoms. The fourth-order valence-electron chi connectivity index (χ4n) is 2.69. The first-order chi connectivity index (χ1) is 9.77. The van der Waals surface area contributed by atoms with E-state index in [1.165, 1.54) is 0 Å². The van der Waals surface area contributed by atoms with Gasteiger partial charge in [-0.25, -0.2) is 10.4 Å². The molecule has 3 N–H and O–H groups in total. The van der Waals surface area contributed by atoms with Gasteiger partial charge in [-0.3, -0.25) is 10.8 Å². The van der Waals surface area contributed by atoms with E-state index in [2.05, 4.69) is 15.4 Å². The average molecular weight is 282 g/mol. The predicted octanol–water partition coefficient (Wildman–Crippen LogP) is 0.575. The molecule has 7 heteroatoms. The van der Waals surface area contributed by atoms with E-state index in [4.69, 9.17) is 20.1 Å². The molecule has 2 heterocycles. The summed E-state index contributed by atoms with van der Waals surface area (Å²) in [5.41, 5.74) is 3.03. The van der Waals surface area contributed by atoms with Crippen LogP contribution >= 0.6 is 0 Å². The monoisotopic (exact) mass is 282 g/mol. The molecule has 0 spiro atoms. The van der Waals surface area contributed by atoms with Gasteiger partial charge in [-0.15, -0.1) is 0 Å². The predicted molar refractivity (Wildman–Crippen MR) is 73.1 cm³/mol. The Labute approximate surface area is 118 Å². The third-order valence-corrected chi connectivity index (χ3v) is 3.62. The number of aromatic nitrogens is 2. The molecule has 1 unspecified atom stereocenters. The zero-order chi connectivity index (χ0) is 14.4. The minimum absolute atomic E-state index is 0.296. The molecule has 1 fully saturated rings. The Morgan fingerprint density at radius 1 is 1.40 bits per heavy atom. The first-order valence-corrected chi connectivity index (χ1v) is 6.80. The molecule has 0 aliphatic carbocycles. The first-order valence-electron chi connectivity index (χ1n) is 6.80. The fraction of sp³-hybridized carbons (Fsp3) is 0.692. The molecule has 7 nitrogen and oxygen atoms in total. The van der Waals surface area contributed by atoms with Crippen molar-refractivity contribution in [3.05, 3.63) is 18.1 Å². The van der Waals surface area contributed by atoms with Crippen LogP contribution in [0.5, 0.6) is 5.88 Å². The molecule has 0 radical (unpaired) electrons. The highest BCUT2D eigenvalue weighted by atomic mass is 16.5. The third kappa shape index (κ3) is 2.90. The molecule has 1 aliphatic heterocycles. The molecule has 1 saturated heterocycles. The Kier molecular flexibility index (Phi) is 5.24. The van der Waals surface area contributed by atoms with E-state index < -0.39 is 5.60 Å². The van der Waals surface area contributed by atoms with Crippen molar-refractivity contribution < 1.29 is 14.2 Å². The lowest BCUT2D eigenvalue weighted by atomic mass is 9.84. The molecule has 1 aliphatic rings. The number of rotatable bonds is 6. The van der Waals surface area contributed by atoms with Crippen LogP contribution in [0.4, 0.5) is 0 Å². The van der Waals surface area contributed by atoms with Crippen LogP contribution in [0, 0.1) is 0 Å². The zero-order valence-corrected chi connectivity index (χ0v) is 12.0. The van der Waals surface area contributed by atoms with Crippen LogP contribution < -0.4 is 16.0 Å². The van der Waals surface area contributed by atoms with Crippen LogP contribution in [0.15, 0.2) is 12.4 Å². The van der Waals surface area contributed by atoms with E-state index in [0.717, 1.165) is 12.8 Å². The number of nitrogens with one attached hydrogen (secondary N) is 1. The van der Waals surface area contributed by atoms with Crippen LogP contribution in [-0.4, -0.2) is 42.5 Å². The standard InChI is InChI=1S/C13H22N4O3/c1-3-20-13(4-8-19-9-5-13)11(17-14)10-12(18-2)16-7-6-15-10/h6-7,11,17H,3-5,8-9,14H2,1-2H3. The molecule has 112 valence electrons. The Morgan fingerprint density at radius 2 is 2.10 bits per heavy atom. The van der Waals surface area contributed by atoms with E-state index in [-0.39, 0.29) is 6.04 Å². The smallest absolute Gasteiger partial charge is 0.237 e. The molecular weight excluding hydrogens is 260 g/mol. The van der Waals surface area contributed by atoms with Gasteiger partial charge in [-0.1, -0.05) is 0 Å². The van der Waals surface area contributed by atoms with E-state index in [0.29, 0.717) is 31.4 Å². The SMILES string of the molecule is CCOC1(C(NN)c2nccnc2OC)CCOCC1. The van der Waals surface area contributed by atoms with Gasteiger partial charge in [-0.2, -0.15) is 0 Å². The number of methoxy groups -OCH3 is 1. The summed E-state index contributed by atoms with van der Waals surface area (Å²) >= 11 is 0. The quantitative estimate of drug-likeness (QED) is 0.582. The van der Waals surface area contributed by atoms with Crippen molar-refractivity contribution in [2.75, 3.05) is 26.9 Å². The summed E-state index contributed by atoms with van der Waals surface area (Å²) in [6.45, 7) is 3.85. The second-order valence-electron chi connectivity index (χ2n) is 4.66. The molecule has 2 rings (SSSR count). The van der Waals surface area contributed by atoms with Gasteiger partial charge in [0.15, 0.2) is 0 Å².